The van der Waals surface area contributed by atoms with E-state index in [-0.39, 0.29) is 64.6 Å². The van der Waals surface area contributed by atoms with Crippen molar-refractivity contribution in [2.45, 2.75) is 0 Å². The number of rotatable bonds is 6. The molecule has 1 aliphatic rings. The van der Waals surface area contributed by atoms with Gasteiger partial charge in [-0.15, -0.1) is 0 Å². The van der Waals surface area contributed by atoms with E-state index in [9.17, 15) is 0 Å². The molecular formula is C12H42CoCuN10+2. The van der Waals surface area contributed by atoms with Gasteiger partial charge in [-0.3, -0.25) is 0 Å². The van der Waals surface area contributed by atoms with Gasteiger partial charge in [0, 0.05) is 26.2 Å². The predicted molar refractivity (Wildman–Crippen MR) is 100 cm³/mol. The molecule has 0 atom stereocenters. The van der Waals surface area contributed by atoms with Crippen molar-refractivity contribution in [3.8, 4) is 0 Å². The van der Waals surface area contributed by atoms with Gasteiger partial charge in [-0.05, 0) is 35.2 Å². The Morgan fingerprint density at radius 1 is 0.667 bits per heavy atom. The normalized spacial score (nSPS) is 9.67. The van der Waals surface area contributed by atoms with E-state index in [2.05, 4.69) is 60.6 Å². The molecule has 0 bridgehead atoms. The Hall–Kier alpha value is 0.0460. The summed E-state index contributed by atoms with van der Waals surface area (Å²) in [5.41, 5.74) is 0. The molecule has 1 heterocycles. The molecule has 158 valence electrons. The number of hydrogen-bond acceptors (Lipinski definition) is 8. The number of hydrogen-bond donors (Lipinski definition) is 5. The van der Waals surface area contributed by atoms with E-state index in [1.807, 2.05) is 0 Å². The van der Waals surface area contributed by atoms with Crippen LogP contribution in [0.2, 0.25) is 0 Å². The van der Waals surface area contributed by atoms with Gasteiger partial charge in [0.2, 0.25) is 0 Å². The Kier molecular flexibility index (Phi) is 71.1. The summed E-state index contributed by atoms with van der Waals surface area (Å²) in [6, 6.07) is 0. The van der Waals surface area contributed by atoms with Crippen LogP contribution in [0.3, 0.4) is 0 Å². The molecule has 15 N–H and O–H groups in total. The van der Waals surface area contributed by atoms with Crippen LogP contribution < -0.4 is 30.8 Å². The Bertz CT molecular complexity index is 192. The van der Waals surface area contributed by atoms with Crippen molar-refractivity contribution in [3.63, 3.8) is 0 Å². The molecule has 10 nitrogen and oxygen atoms in total. The Morgan fingerprint density at radius 2 is 0.958 bits per heavy atom. The summed E-state index contributed by atoms with van der Waals surface area (Å²) in [7, 11) is 10.6. The van der Waals surface area contributed by atoms with Gasteiger partial charge in [0.15, 0.2) is 0 Å². The standard InChI is InChI=1S/C9H23N3.C3H4N2.Co.Cu.5H3N/c1-10(2)6-8-12(5)9-7-11(3)4;1-2-5-3-4-1;;;;;;;/h6-9H2,1-5H3;1-2H,3H2;;;5*1H3/q;-2;2*+2;;;;;. The summed E-state index contributed by atoms with van der Waals surface area (Å²) in [4.78, 5) is 6.79. The maximum Gasteiger partial charge on any atom is 2.00 e. The van der Waals surface area contributed by atoms with E-state index in [1.165, 1.54) is 0 Å². The molecule has 0 spiro atoms. The van der Waals surface area contributed by atoms with Crippen LogP contribution in [0.1, 0.15) is 0 Å². The van der Waals surface area contributed by atoms with Crippen molar-refractivity contribution in [3.05, 3.63) is 23.0 Å². The van der Waals surface area contributed by atoms with Crippen LogP contribution in [0.15, 0.2) is 12.4 Å². The molecule has 0 aliphatic carbocycles. The monoisotopic (exact) mass is 448 g/mol. The van der Waals surface area contributed by atoms with Crippen LogP contribution in [0, 0.1) is 0 Å². The van der Waals surface area contributed by atoms with Crippen LogP contribution in [-0.4, -0.2) is 82.8 Å². The zero-order valence-corrected chi connectivity index (χ0v) is 18.1. The molecule has 1 rings (SSSR count). The first kappa shape index (κ1) is 49.6. The first-order valence-corrected chi connectivity index (χ1v) is 5.98. The Morgan fingerprint density at radius 3 is 1.12 bits per heavy atom. The fraction of sp³-hybridized carbons (Fsp3) is 0.833. The summed E-state index contributed by atoms with van der Waals surface area (Å²) in [5.74, 6) is 0. The second kappa shape index (κ2) is 34.4. The van der Waals surface area contributed by atoms with E-state index in [1.54, 1.807) is 12.4 Å². The molecule has 1 aliphatic heterocycles. The van der Waals surface area contributed by atoms with Crippen molar-refractivity contribution >= 4 is 0 Å². The summed E-state index contributed by atoms with van der Waals surface area (Å²) >= 11 is 0. The summed E-state index contributed by atoms with van der Waals surface area (Å²) < 4.78 is 0. The molecule has 0 fully saturated rings. The van der Waals surface area contributed by atoms with Crippen molar-refractivity contribution in [2.75, 3.05) is 68.1 Å². The van der Waals surface area contributed by atoms with Crippen molar-refractivity contribution in [1.82, 2.24) is 45.5 Å². The second-order valence-electron chi connectivity index (χ2n) is 4.71. The third-order valence-electron chi connectivity index (χ3n) is 2.30. The summed E-state index contributed by atoms with van der Waals surface area (Å²) in [6.07, 6.45) is 3.39. The SMILES string of the molecule is C1=C[N-]C[N-]1.CN(C)CCN(C)CCN(C)C.N.N.N.N.N.[Co+2].[Cu+2]. The average molecular weight is 449 g/mol. The molecule has 0 aromatic rings. The first-order valence-electron chi connectivity index (χ1n) is 5.98. The Labute approximate surface area is 170 Å². The molecule has 12 heteroatoms. The molecule has 0 aromatic heterocycles. The van der Waals surface area contributed by atoms with Crippen LogP contribution in [0.4, 0.5) is 0 Å². The van der Waals surface area contributed by atoms with Crippen molar-refractivity contribution in [1.29, 1.82) is 0 Å². The molecule has 0 saturated heterocycles. The maximum atomic E-state index is 3.74. The molecule has 0 unspecified atom stereocenters. The van der Waals surface area contributed by atoms with E-state index < -0.39 is 0 Å². The molecule has 0 amide bonds. The second-order valence-corrected chi connectivity index (χ2v) is 4.71. The minimum atomic E-state index is 0. The van der Waals surface area contributed by atoms with Gasteiger partial charge < -0.3 is 56.1 Å². The van der Waals surface area contributed by atoms with Crippen LogP contribution in [-0.2, 0) is 33.8 Å². The van der Waals surface area contributed by atoms with Crippen molar-refractivity contribution in [2.24, 2.45) is 0 Å². The number of nitrogens with zero attached hydrogens (tertiary/aromatic N) is 5. The van der Waals surface area contributed by atoms with Crippen LogP contribution >= 0.6 is 0 Å². The van der Waals surface area contributed by atoms with Gasteiger partial charge in [0.1, 0.15) is 0 Å². The zero-order chi connectivity index (χ0) is 13.1. The van der Waals surface area contributed by atoms with Gasteiger partial charge >= 0.3 is 33.8 Å². The van der Waals surface area contributed by atoms with Gasteiger partial charge in [-0.25, -0.2) is 19.1 Å². The van der Waals surface area contributed by atoms with E-state index >= 15 is 0 Å². The van der Waals surface area contributed by atoms with E-state index in [4.69, 9.17) is 0 Å². The predicted octanol–water partition coefficient (Wildman–Crippen LogP) is 2.02. The molecule has 0 aromatic carbocycles. The molecule has 0 saturated carbocycles. The van der Waals surface area contributed by atoms with E-state index in [0.717, 1.165) is 26.2 Å². The van der Waals surface area contributed by atoms with Gasteiger partial charge in [0.05, 0.1) is 0 Å². The third kappa shape index (κ3) is 43.1. The quantitative estimate of drug-likeness (QED) is 0.378. The fourth-order valence-corrected chi connectivity index (χ4v) is 1.09. The van der Waals surface area contributed by atoms with Crippen LogP contribution in [0.5, 0.6) is 0 Å². The number of likely N-dealkylation sites (N-methyl/N-ethyl adjacent to an activating group) is 3. The summed E-state index contributed by atoms with van der Waals surface area (Å²) in [5, 5.41) is 7.47. The minimum Gasteiger partial charge on any atom is -0.707 e. The average Bonchev–Trinajstić information content (AvgIpc) is 2.81. The molecule has 2 radical (unpaired) electrons. The molecular weight excluding hydrogens is 407 g/mol. The van der Waals surface area contributed by atoms with E-state index in [0.29, 0.717) is 6.67 Å². The third-order valence-corrected chi connectivity index (χ3v) is 2.30. The van der Waals surface area contributed by atoms with Crippen molar-refractivity contribution < 1.29 is 33.8 Å². The first-order chi connectivity index (χ1) is 8.02. The van der Waals surface area contributed by atoms with Gasteiger partial charge in [-0.2, -0.15) is 0 Å². The van der Waals surface area contributed by atoms with Crippen LogP contribution in [0.25, 0.3) is 10.6 Å². The van der Waals surface area contributed by atoms with Gasteiger partial charge in [0.25, 0.3) is 0 Å². The summed E-state index contributed by atoms with van der Waals surface area (Å²) in [6.45, 7) is 5.23. The smallest absolute Gasteiger partial charge is 0.707 e. The zero-order valence-electron chi connectivity index (χ0n) is 16.1. The maximum absolute atomic E-state index is 3.74. The fourth-order valence-electron chi connectivity index (χ4n) is 1.09. The minimum absolute atomic E-state index is 0. The van der Waals surface area contributed by atoms with Gasteiger partial charge in [-0.1, -0.05) is 0 Å². The largest absolute Gasteiger partial charge is 2.00 e. The topological polar surface area (TPSA) is 213 Å². The molecule has 24 heavy (non-hydrogen) atoms. The Balaban J connectivity index is -0.0000000315.